The maximum atomic E-state index is 12.4. The molecule has 0 saturated carbocycles. The van der Waals surface area contributed by atoms with Crippen LogP contribution in [0, 0.1) is 0 Å². The van der Waals surface area contributed by atoms with Gasteiger partial charge in [-0.1, -0.05) is 6.42 Å². The zero-order valence-electron chi connectivity index (χ0n) is 11.1. The normalized spacial score (nSPS) is 20.0. The summed E-state index contributed by atoms with van der Waals surface area (Å²) in [5, 5.41) is 0. The number of amides is 1. The van der Waals surface area contributed by atoms with Crippen molar-refractivity contribution in [1.82, 2.24) is 4.90 Å². The van der Waals surface area contributed by atoms with E-state index < -0.39 is 0 Å². The number of thiophene rings is 1. The first-order valence-electron chi connectivity index (χ1n) is 7.16. The molecular weight excluding hydrogens is 258 g/mol. The molecule has 3 nitrogen and oxygen atoms in total. The van der Waals surface area contributed by atoms with Gasteiger partial charge >= 0.3 is 0 Å². The van der Waals surface area contributed by atoms with E-state index in [0.717, 1.165) is 30.7 Å². The molecule has 2 aliphatic rings. The monoisotopic (exact) mass is 277 g/mol. The Morgan fingerprint density at radius 3 is 2.79 bits per heavy atom. The van der Waals surface area contributed by atoms with E-state index in [1.54, 1.807) is 16.2 Å². The van der Waals surface area contributed by atoms with E-state index in [1.807, 2.05) is 0 Å². The van der Waals surface area contributed by atoms with Crippen molar-refractivity contribution in [3.63, 3.8) is 0 Å². The first-order chi connectivity index (χ1) is 9.24. The molecule has 0 aromatic carbocycles. The lowest BCUT2D eigenvalue weighted by Crippen LogP contribution is -2.39. The Kier molecular flexibility index (Phi) is 3.69. The van der Waals surface area contributed by atoms with E-state index in [2.05, 4.69) is 6.07 Å². The second kappa shape index (κ2) is 5.45. The van der Waals surface area contributed by atoms with Gasteiger partial charge in [-0.25, -0.2) is 0 Å². The highest BCUT2D eigenvalue weighted by atomic mass is 32.1. The predicted octanol–water partition coefficient (Wildman–Crippen LogP) is 2.82. The summed E-state index contributed by atoms with van der Waals surface area (Å²) in [5.41, 5.74) is 1.37. The summed E-state index contributed by atoms with van der Waals surface area (Å²) in [4.78, 5) is 27.8. The molecule has 1 fully saturated rings. The van der Waals surface area contributed by atoms with Gasteiger partial charge in [-0.3, -0.25) is 9.59 Å². The lowest BCUT2D eigenvalue weighted by molar-refractivity contribution is -0.121. The third-order valence-corrected chi connectivity index (χ3v) is 5.22. The van der Waals surface area contributed by atoms with Crippen molar-refractivity contribution in [2.45, 2.75) is 44.9 Å². The second-order valence-corrected chi connectivity index (χ2v) is 6.63. The minimum absolute atomic E-state index is 0.0612. The third kappa shape index (κ3) is 2.73. The van der Waals surface area contributed by atoms with E-state index in [-0.39, 0.29) is 11.7 Å². The van der Waals surface area contributed by atoms with Crippen molar-refractivity contribution >= 4 is 23.0 Å². The van der Waals surface area contributed by atoms with Gasteiger partial charge in [0.2, 0.25) is 0 Å². The number of hydrogen-bond acceptors (Lipinski definition) is 3. The number of rotatable bonds is 1. The number of carbonyl (C=O) groups is 2. The number of fused-ring (bicyclic) bond motifs is 1. The molecular formula is C15H19NO2S. The molecule has 1 amide bonds. The van der Waals surface area contributed by atoms with Crippen LogP contribution in [0.5, 0.6) is 0 Å². The van der Waals surface area contributed by atoms with Crippen LogP contribution < -0.4 is 0 Å². The van der Waals surface area contributed by atoms with Gasteiger partial charge in [-0.2, -0.15) is 0 Å². The second-order valence-electron chi connectivity index (χ2n) is 5.49. The minimum atomic E-state index is 0.0612. The van der Waals surface area contributed by atoms with Crippen molar-refractivity contribution in [2.24, 2.45) is 0 Å². The van der Waals surface area contributed by atoms with E-state index in [0.29, 0.717) is 13.0 Å². The fourth-order valence-corrected chi connectivity index (χ4v) is 4.16. The van der Waals surface area contributed by atoms with E-state index in [1.165, 1.54) is 29.7 Å². The van der Waals surface area contributed by atoms with Crippen molar-refractivity contribution < 1.29 is 9.59 Å². The van der Waals surface area contributed by atoms with Crippen LogP contribution in [0.2, 0.25) is 0 Å². The molecule has 1 aromatic rings. The van der Waals surface area contributed by atoms with Gasteiger partial charge in [0.15, 0.2) is 5.78 Å². The Hall–Kier alpha value is -1.16. The lowest BCUT2D eigenvalue weighted by Gasteiger charge is -2.25. The number of likely N-dealkylation sites (tertiary alicyclic amines) is 1. The van der Waals surface area contributed by atoms with E-state index in [9.17, 15) is 9.59 Å². The van der Waals surface area contributed by atoms with Crippen LogP contribution in [0.15, 0.2) is 6.07 Å². The Morgan fingerprint density at radius 1 is 1.11 bits per heavy atom. The van der Waals surface area contributed by atoms with E-state index in [4.69, 9.17) is 0 Å². The number of piperidine rings is 1. The number of aryl methyl sites for hydroxylation is 2. The van der Waals surface area contributed by atoms with Gasteiger partial charge < -0.3 is 4.90 Å². The fourth-order valence-electron chi connectivity index (χ4n) is 2.94. The van der Waals surface area contributed by atoms with Crippen molar-refractivity contribution in [3.05, 3.63) is 21.4 Å². The summed E-state index contributed by atoms with van der Waals surface area (Å²) in [6.07, 6.45) is 7.44. The largest absolute Gasteiger partial charge is 0.331 e. The van der Waals surface area contributed by atoms with Gasteiger partial charge in [0.05, 0.1) is 11.4 Å². The lowest BCUT2D eigenvalue weighted by atomic mass is 10.1. The molecule has 3 rings (SSSR count). The molecule has 0 spiro atoms. The van der Waals surface area contributed by atoms with Gasteiger partial charge in [-0.05, 0) is 43.7 Å². The molecule has 19 heavy (non-hydrogen) atoms. The number of ketones is 1. The molecule has 1 aliphatic carbocycles. The molecule has 1 aliphatic heterocycles. The molecule has 4 heteroatoms. The van der Waals surface area contributed by atoms with Gasteiger partial charge in [0, 0.05) is 17.8 Å². The molecule has 2 heterocycles. The average Bonchev–Trinajstić information content (AvgIpc) is 2.69. The Balaban J connectivity index is 1.78. The van der Waals surface area contributed by atoms with Crippen molar-refractivity contribution in [3.8, 4) is 0 Å². The molecule has 102 valence electrons. The van der Waals surface area contributed by atoms with Crippen LogP contribution in [0.4, 0.5) is 0 Å². The number of carbonyl (C=O) groups excluding carboxylic acids is 2. The van der Waals surface area contributed by atoms with E-state index >= 15 is 0 Å². The molecule has 0 radical (unpaired) electrons. The predicted molar refractivity (Wildman–Crippen MR) is 75.7 cm³/mol. The first kappa shape index (κ1) is 12.9. The molecule has 0 unspecified atom stereocenters. The molecule has 0 atom stereocenters. The summed E-state index contributed by atoms with van der Waals surface area (Å²) in [7, 11) is 0. The number of nitrogens with zero attached hydrogens (tertiary/aromatic N) is 1. The van der Waals surface area contributed by atoms with Crippen LogP contribution in [-0.4, -0.2) is 29.7 Å². The fraction of sp³-hybridized carbons (Fsp3) is 0.600. The van der Waals surface area contributed by atoms with Gasteiger partial charge in [0.1, 0.15) is 0 Å². The summed E-state index contributed by atoms with van der Waals surface area (Å²) >= 11 is 1.65. The van der Waals surface area contributed by atoms with Crippen LogP contribution in [0.25, 0.3) is 0 Å². The quantitative estimate of drug-likeness (QED) is 0.740. The Labute approximate surface area is 117 Å². The summed E-state index contributed by atoms with van der Waals surface area (Å²) in [5.74, 6) is 0.254. The number of Topliss-reactive ketones (excluding diaryl/α,β-unsaturated/α-hetero) is 1. The minimum Gasteiger partial charge on any atom is -0.331 e. The highest BCUT2D eigenvalue weighted by Crippen LogP contribution is 2.30. The highest BCUT2D eigenvalue weighted by Gasteiger charge is 2.25. The maximum Gasteiger partial charge on any atom is 0.264 e. The average molecular weight is 277 g/mol. The zero-order chi connectivity index (χ0) is 13.2. The molecule has 1 aromatic heterocycles. The van der Waals surface area contributed by atoms with Gasteiger partial charge in [-0.15, -0.1) is 11.3 Å². The topological polar surface area (TPSA) is 37.4 Å². The van der Waals surface area contributed by atoms with Crippen molar-refractivity contribution in [1.29, 1.82) is 0 Å². The number of hydrogen-bond donors (Lipinski definition) is 0. The SMILES string of the molecule is O=C1CCCN(C(=O)c2cc3c(s2)CCCCC3)C1. The summed E-state index contributed by atoms with van der Waals surface area (Å²) in [6.45, 7) is 1.04. The van der Waals surface area contributed by atoms with Crippen LogP contribution in [0.3, 0.4) is 0 Å². The molecule has 1 saturated heterocycles. The molecule has 0 N–H and O–H groups in total. The van der Waals surface area contributed by atoms with Crippen LogP contribution in [0.1, 0.15) is 52.2 Å². The first-order valence-corrected chi connectivity index (χ1v) is 7.98. The smallest absolute Gasteiger partial charge is 0.264 e. The standard InChI is InChI=1S/C15H19NO2S/c17-12-6-4-8-16(10-12)15(18)14-9-11-5-2-1-3-7-13(11)19-14/h9H,1-8,10H2. The Morgan fingerprint density at radius 2 is 1.95 bits per heavy atom. The van der Waals surface area contributed by atoms with Gasteiger partial charge in [0.25, 0.3) is 5.91 Å². The van der Waals surface area contributed by atoms with Crippen LogP contribution in [-0.2, 0) is 17.6 Å². The summed E-state index contributed by atoms with van der Waals surface area (Å²) < 4.78 is 0. The third-order valence-electron chi connectivity index (χ3n) is 4.00. The van der Waals surface area contributed by atoms with Crippen LogP contribution >= 0.6 is 11.3 Å². The summed E-state index contributed by atoms with van der Waals surface area (Å²) in [6, 6.07) is 2.08. The zero-order valence-corrected chi connectivity index (χ0v) is 11.9. The maximum absolute atomic E-state index is 12.4. The van der Waals surface area contributed by atoms with Crippen molar-refractivity contribution in [2.75, 3.05) is 13.1 Å². The molecule has 0 bridgehead atoms. The Bertz CT molecular complexity index is 483. The highest BCUT2D eigenvalue weighted by molar-refractivity contribution is 7.14.